The van der Waals surface area contributed by atoms with Crippen molar-refractivity contribution in [2.24, 2.45) is 5.92 Å². The Hall–Kier alpha value is -1.67. The van der Waals surface area contributed by atoms with E-state index in [-0.39, 0.29) is 24.9 Å². The number of hydrogen-bond donors (Lipinski definition) is 0. The molecular formula is C12H10ClFN2O4S. The van der Waals surface area contributed by atoms with E-state index in [4.69, 9.17) is 16.0 Å². The average Bonchev–Trinajstić information content (AvgIpc) is 2.89. The fraction of sp³-hybridized carbons (Fsp3) is 0.333. The molecule has 1 aliphatic heterocycles. The summed E-state index contributed by atoms with van der Waals surface area (Å²) >= 11 is 5.84. The molecule has 1 atom stereocenters. The van der Waals surface area contributed by atoms with E-state index in [9.17, 15) is 17.1 Å². The van der Waals surface area contributed by atoms with Gasteiger partial charge in [0.15, 0.2) is 5.58 Å². The predicted octanol–water partition coefficient (Wildman–Crippen LogP) is 2.13. The number of rotatable bonds is 3. The van der Waals surface area contributed by atoms with Crippen molar-refractivity contribution in [3.63, 3.8) is 0 Å². The molecule has 1 aromatic heterocycles. The molecule has 2 heterocycles. The monoisotopic (exact) mass is 332 g/mol. The van der Waals surface area contributed by atoms with Gasteiger partial charge in [0.2, 0.25) is 5.91 Å². The van der Waals surface area contributed by atoms with Gasteiger partial charge in [-0.25, -0.2) is 0 Å². The van der Waals surface area contributed by atoms with E-state index in [2.05, 4.69) is 4.98 Å². The topological polar surface area (TPSA) is 80.5 Å². The van der Waals surface area contributed by atoms with Gasteiger partial charge in [0.05, 0.1) is 5.75 Å². The van der Waals surface area contributed by atoms with Crippen LogP contribution >= 0.6 is 11.6 Å². The summed E-state index contributed by atoms with van der Waals surface area (Å²) in [7, 11) is -4.61. The second kappa shape index (κ2) is 4.96. The molecule has 2 aromatic rings. The summed E-state index contributed by atoms with van der Waals surface area (Å²) in [5, 5.41) is 0.483. The lowest BCUT2D eigenvalue weighted by Crippen LogP contribution is -2.25. The van der Waals surface area contributed by atoms with E-state index >= 15 is 0 Å². The van der Waals surface area contributed by atoms with Crippen LogP contribution in [0.15, 0.2) is 22.6 Å². The number of fused-ring (bicyclic) bond motifs is 1. The molecule has 1 fully saturated rings. The number of nitrogens with zero attached hydrogens (tertiary/aromatic N) is 2. The number of oxazole rings is 1. The van der Waals surface area contributed by atoms with E-state index in [1.165, 1.54) is 4.90 Å². The second-order valence-electron chi connectivity index (χ2n) is 4.89. The zero-order valence-electron chi connectivity index (χ0n) is 10.6. The van der Waals surface area contributed by atoms with Crippen molar-refractivity contribution < 1.29 is 21.5 Å². The molecule has 3 rings (SSSR count). The third-order valence-electron chi connectivity index (χ3n) is 3.21. The minimum atomic E-state index is -4.61. The largest absolute Gasteiger partial charge is 0.423 e. The molecule has 0 bridgehead atoms. The van der Waals surface area contributed by atoms with Crippen LogP contribution in [0.3, 0.4) is 0 Å². The summed E-state index contributed by atoms with van der Waals surface area (Å²) in [6.07, 6.45) is -0.0529. The molecule has 9 heteroatoms. The Bertz CT molecular complexity index is 820. The van der Waals surface area contributed by atoms with Crippen LogP contribution in [0.4, 0.5) is 9.90 Å². The highest BCUT2D eigenvalue weighted by Crippen LogP contribution is 2.29. The number of amides is 1. The van der Waals surface area contributed by atoms with Gasteiger partial charge < -0.3 is 4.42 Å². The summed E-state index contributed by atoms with van der Waals surface area (Å²) in [5.41, 5.74) is 0.954. The van der Waals surface area contributed by atoms with Crippen LogP contribution in [0.1, 0.15) is 6.42 Å². The van der Waals surface area contributed by atoms with E-state index in [1.807, 2.05) is 0 Å². The van der Waals surface area contributed by atoms with Gasteiger partial charge in [0, 0.05) is 23.9 Å². The smallest absolute Gasteiger partial charge is 0.305 e. The molecule has 0 radical (unpaired) electrons. The van der Waals surface area contributed by atoms with Crippen LogP contribution < -0.4 is 4.90 Å². The number of benzene rings is 1. The molecule has 0 saturated carbocycles. The van der Waals surface area contributed by atoms with Crippen molar-refractivity contribution in [3.05, 3.63) is 23.2 Å². The lowest BCUT2D eigenvalue weighted by atomic mass is 10.1. The molecule has 1 aliphatic rings. The van der Waals surface area contributed by atoms with Crippen molar-refractivity contribution in [1.82, 2.24) is 4.98 Å². The molecule has 21 heavy (non-hydrogen) atoms. The molecule has 0 aliphatic carbocycles. The molecule has 1 amide bonds. The summed E-state index contributed by atoms with van der Waals surface area (Å²) in [6, 6.07) is 4.91. The maximum atomic E-state index is 12.7. The van der Waals surface area contributed by atoms with Crippen LogP contribution in [0.2, 0.25) is 5.02 Å². The predicted molar refractivity (Wildman–Crippen MR) is 74.4 cm³/mol. The summed E-state index contributed by atoms with van der Waals surface area (Å²) in [4.78, 5) is 17.3. The standard InChI is InChI=1S/C12H10ClFN2O4S/c13-8-1-2-10-9(4-8)15-12(20-10)16-5-7(3-11(16)17)6-21(14,18)19/h1-2,4,7H,3,5-6H2. The normalized spacial score (nSPS) is 19.6. The molecular weight excluding hydrogens is 323 g/mol. The van der Waals surface area contributed by atoms with Gasteiger partial charge in [-0.15, -0.1) is 3.89 Å². The van der Waals surface area contributed by atoms with Gasteiger partial charge in [-0.2, -0.15) is 13.4 Å². The fourth-order valence-electron chi connectivity index (χ4n) is 2.36. The minimum absolute atomic E-state index is 0.0529. The summed E-state index contributed by atoms with van der Waals surface area (Å²) in [5.74, 6) is -1.63. The van der Waals surface area contributed by atoms with E-state index in [0.29, 0.717) is 16.1 Å². The third-order valence-corrected chi connectivity index (χ3v) is 4.31. The molecule has 6 nitrogen and oxygen atoms in total. The Balaban J connectivity index is 1.87. The van der Waals surface area contributed by atoms with Crippen LogP contribution in [0, 0.1) is 5.92 Å². The molecule has 112 valence electrons. The lowest BCUT2D eigenvalue weighted by Gasteiger charge is -2.10. The van der Waals surface area contributed by atoms with Crippen molar-refractivity contribution in [3.8, 4) is 0 Å². The Morgan fingerprint density at radius 1 is 1.48 bits per heavy atom. The number of aromatic nitrogens is 1. The SMILES string of the molecule is O=C1CC(CS(=O)(=O)F)CN1c1nc2cc(Cl)ccc2o1. The van der Waals surface area contributed by atoms with Crippen LogP contribution in [-0.2, 0) is 15.0 Å². The number of anilines is 1. The zero-order valence-corrected chi connectivity index (χ0v) is 12.2. The van der Waals surface area contributed by atoms with Gasteiger partial charge in [0.25, 0.3) is 0 Å². The van der Waals surface area contributed by atoms with E-state index in [1.54, 1.807) is 18.2 Å². The van der Waals surface area contributed by atoms with Crippen LogP contribution in [0.25, 0.3) is 11.1 Å². The first-order valence-electron chi connectivity index (χ1n) is 6.10. The Morgan fingerprint density at radius 3 is 2.95 bits per heavy atom. The highest BCUT2D eigenvalue weighted by Gasteiger charge is 2.36. The first kappa shape index (κ1) is 14.3. The number of hydrogen-bond acceptors (Lipinski definition) is 5. The third kappa shape index (κ3) is 3.01. The van der Waals surface area contributed by atoms with Crippen LogP contribution in [-0.4, -0.2) is 31.6 Å². The van der Waals surface area contributed by atoms with Gasteiger partial charge in [0.1, 0.15) is 5.52 Å². The first-order chi connectivity index (χ1) is 9.82. The second-order valence-corrected chi connectivity index (χ2v) is 6.74. The fourth-order valence-corrected chi connectivity index (χ4v) is 3.32. The summed E-state index contributed by atoms with van der Waals surface area (Å²) < 4.78 is 39.5. The molecule has 1 unspecified atom stereocenters. The van der Waals surface area contributed by atoms with E-state index < -0.39 is 21.9 Å². The Kier molecular flexibility index (Phi) is 3.37. The Labute approximate surface area is 124 Å². The Morgan fingerprint density at radius 2 is 2.24 bits per heavy atom. The van der Waals surface area contributed by atoms with Gasteiger partial charge in [-0.1, -0.05) is 11.6 Å². The van der Waals surface area contributed by atoms with Gasteiger partial charge >= 0.3 is 16.2 Å². The van der Waals surface area contributed by atoms with Crippen molar-refractivity contribution >= 4 is 44.8 Å². The molecule has 0 spiro atoms. The highest BCUT2D eigenvalue weighted by molar-refractivity contribution is 7.86. The molecule has 1 saturated heterocycles. The number of carbonyl (C=O) groups is 1. The summed E-state index contributed by atoms with van der Waals surface area (Å²) in [6.45, 7) is 0.0581. The maximum Gasteiger partial charge on any atom is 0.305 e. The van der Waals surface area contributed by atoms with Crippen LogP contribution in [0.5, 0.6) is 0 Å². The quantitative estimate of drug-likeness (QED) is 0.804. The van der Waals surface area contributed by atoms with Gasteiger partial charge in [-0.3, -0.25) is 9.69 Å². The average molecular weight is 333 g/mol. The van der Waals surface area contributed by atoms with Crippen molar-refractivity contribution in [2.75, 3.05) is 17.2 Å². The van der Waals surface area contributed by atoms with E-state index in [0.717, 1.165) is 0 Å². The minimum Gasteiger partial charge on any atom is -0.423 e. The first-order valence-corrected chi connectivity index (χ1v) is 8.04. The zero-order chi connectivity index (χ0) is 15.2. The number of halogens is 2. The van der Waals surface area contributed by atoms with Gasteiger partial charge in [-0.05, 0) is 18.2 Å². The highest BCUT2D eigenvalue weighted by atomic mass is 35.5. The number of carbonyl (C=O) groups excluding carboxylic acids is 1. The molecule has 0 N–H and O–H groups in total. The van der Waals surface area contributed by atoms with Crippen molar-refractivity contribution in [2.45, 2.75) is 6.42 Å². The molecule has 1 aromatic carbocycles. The maximum absolute atomic E-state index is 12.7. The van der Waals surface area contributed by atoms with Crippen molar-refractivity contribution in [1.29, 1.82) is 0 Å². The lowest BCUT2D eigenvalue weighted by molar-refractivity contribution is -0.117.